The molecule has 0 bridgehead atoms. The number of ether oxygens (including phenoxy) is 1. The number of methoxy groups -OCH3 is 1. The van der Waals surface area contributed by atoms with Gasteiger partial charge in [0.1, 0.15) is 6.54 Å². The number of nitrogens with one attached hydrogen (secondary N) is 3. The van der Waals surface area contributed by atoms with Crippen molar-refractivity contribution in [3.8, 4) is 5.75 Å². The Balaban J connectivity index is 2.47. The smallest absolute Gasteiger partial charge is 0.275 e. The van der Waals surface area contributed by atoms with Crippen molar-refractivity contribution in [3.63, 3.8) is 0 Å². The third-order valence-electron chi connectivity index (χ3n) is 3.60. The first-order valence-corrected chi connectivity index (χ1v) is 8.19. The van der Waals surface area contributed by atoms with Crippen LogP contribution in [0.4, 0.5) is 4.39 Å². The SMILES string of the molecule is CCCNC(=O)CNC(=O)C[NH+](CC)Cc1ccc(OC)c(F)c1. The van der Waals surface area contributed by atoms with Crippen LogP contribution in [-0.4, -0.2) is 45.1 Å². The Morgan fingerprint density at radius 1 is 1.21 bits per heavy atom. The number of carbonyl (C=O) groups is 2. The van der Waals surface area contributed by atoms with E-state index < -0.39 is 5.82 Å². The van der Waals surface area contributed by atoms with Gasteiger partial charge < -0.3 is 20.3 Å². The van der Waals surface area contributed by atoms with E-state index in [1.54, 1.807) is 12.1 Å². The molecule has 7 heteroatoms. The van der Waals surface area contributed by atoms with E-state index in [0.717, 1.165) is 16.9 Å². The van der Waals surface area contributed by atoms with Gasteiger partial charge in [0.2, 0.25) is 5.91 Å². The van der Waals surface area contributed by atoms with Crippen molar-refractivity contribution < 1.29 is 23.6 Å². The maximum Gasteiger partial charge on any atom is 0.275 e. The molecule has 0 spiro atoms. The number of carbonyl (C=O) groups excluding carboxylic acids is 2. The molecular formula is C17H27FN3O3+. The van der Waals surface area contributed by atoms with Crippen LogP contribution >= 0.6 is 0 Å². The summed E-state index contributed by atoms with van der Waals surface area (Å²) in [6.07, 6.45) is 0.853. The molecule has 0 aliphatic heterocycles. The summed E-state index contributed by atoms with van der Waals surface area (Å²) >= 11 is 0. The molecule has 134 valence electrons. The van der Waals surface area contributed by atoms with Gasteiger partial charge in [-0.25, -0.2) is 4.39 Å². The van der Waals surface area contributed by atoms with Crippen LogP contribution in [-0.2, 0) is 16.1 Å². The highest BCUT2D eigenvalue weighted by Gasteiger charge is 2.15. The molecule has 24 heavy (non-hydrogen) atoms. The molecule has 6 nitrogen and oxygen atoms in total. The van der Waals surface area contributed by atoms with Crippen molar-refractivity contribution in [2.75, 3.05) is 33.3 Å². The summed E-state index contributed by atoms with van der Waals surface area (Å²) in [7, 11) is 1.42. The molecular weight excluding hydrogens is 313 g/mol. The van der Waals surface area contributed by atoms with Gasteiger partial charge in [0.25, 0.3) is 5.91 Å². The third kappa shape index (κ3) is 6.95. The molecule has 0 fully saturated rings. The van der Waals surface area contributed by atoms with Gasteiger partial charge in [-0.05, 0) is 31.5 Å². The molecule has 0 saturated carbocycles. The van der Waals surface area contributed by atoms with Crippen molar-refractivity contribution in [1.29, 1.82) is 0 Å². The average Bonchev–Trinajstić information content (AvgIpc) is 2.57. The predicted octanol–water partition coefficient (Wildman–Crippen LogP) is -0.118. The lowest BCUT2D eigenvalue weighted by Gasteiger charge is -2.17. The minimum atomic E-state index is -0.414. The number of benzene rings is 1. The normalized spacial score (nSPS) is 11.7. The fourth-order valence-electron chi connectivity index (χ4n) is 2.22. The van der Waals surface area contributed by atoms with E-state index in [1.807, 2.05) is 13.8 Å². The molecule has 3 N–H and O–H groups in total. The Kier molecular flexibility index (Phi) is 8.78. The van der Waals surface area contributed by atoms with Gasteiger partial charge in [-0.2, -0.15) is 0 Å². The number of quaternary nitrogens is 1. The molecule has 0 heterocycles. The molecule has 2 amide bonds. The second kappa shape index (κ2) is 10.6. The summed E-state index contributed by atoms with van der Waals surface area (Å²) in [6.45, 7) is 5.96. The summed E-state index contributed by atoms with van der Waals surface area (Å²) in [6, 6.07) is 4.79. The fourth-order valence-corrected chi connectivity index (χ4v) is 2.22. The molecule has 1 rings (SSSR count). The van der Waals surface area contributed by atoms with Crippen LogP contribution in [0.5, 0.6) is 5.75 Å². The molecule has 1 atom stereocenters. The highest BCUT2D eigenvalue weighted by atomic mass is 19.1. The number of amides is 2. The minimum absolute atomic E-state index is 0.0208. The van der Waals surface area contributed by atoms with Crippen LogP contribution in [0.1, 0.15) is 25.8 Å². The largest absolute Gasteiger partial charge is 0.494 e. The van der Waals surface area contributed by atoms with Crippen molar-refractivity contribution >= 4 is 11.8 Å². The van der Waals surface area contributed by atoms with Crippen LogP contribution < -0.4 is 20.3 Å². The average molecular weight is 340 g/mol. The summed E-state index contributed by atoms with van der Waals surface area (Å²) in [5, 5.41) is 5.30. The molecule has 1 aromatic rings. The van der Waals surface area contributed by atoms with Crippen LogP contribution in [0.2, 0.25) is 0 Å². The molecule has 0 saturated heterocycles. The molecule has 1 unspecified atom stereocenters. The summed E-state index contributed by atoms with van der Waals surface area (Å²) in [5.74, 6) is -0.608. The van der Waals surface area contributed by atoms with E-state index in [-0.39, 0.29) is 30.7 Å². The Morgan fingerprint density at radius 2 is 1.96 bits per heavy atom. The van der Waals surface area contributed by atoms with Crippen LogP contribution in [0.3, 0.4) is 0 Å². The van der Waals surface area contributed by atoms with Crippen LogP contribution in [0.25, 0.3) is 0 Å². The van der Waals surface area contributed by atoms with Gasteiger partial charge in [-0.1, -0.05) is 6.92 Å². The Hall–Kier alpha value is -2.15. The van der Waals surface area contributed by atoms with E-state index in [1.165, 1.54) is 13.2 Å². The number of rotatable bonds is 10. The predicted molar refractivity (Wildman–Crippen MR) is 89.3 cm³/mol. The summed E-state index contributed by atoms with van der Waals surface area (Å²) in [4.78, 5) is 24.4. The van der Waals surface area contributed by atoms with Gasteiger partial charge in [0, 0.05) is 12.1 Å². The zero-order valence-electron chi connectivity index (χ0n) is 14.6. The number of hydrogen-bond donors (Lipinski definition) is 3. The monoisotopic (exact) mass is 340 g/mol. The minimum Gasteiger partial charge on any atom is -0.494 e. The lowest BCUT2D eigenvalue weighted by atomic mass is 10.2. The van der Waals surface area contributed by atoms with E-state index in [0.29, 0.717) is 19.6 Å². The van der Waals surface area contributed by atoms with Gasteiger partial charge in [0.05, 0.1) is 20.2 Å². The van der Waals surface area contributed by atoms with Crippen molar-refractivity contribution in [2.45, 2.75) is 26.8 Å². The first kappa shape index (κ1) is 19.9. The van der Waals surface area contributed by atoms with E-state index in [4.69, 9.17) is 4.74 Å². The zero-order valence-corrected chi connectivity index (χ0v) is 14.6. The van der Waals surface area contributed by atoms with Gasteiger partial charge in [0.15, 0.2) is 18.1 Å². The van der Waals surface area contributed by atoms with Gasteiger partial charge >= 0.3 is 0 Å². The zero-order chi connectivity index (χ0) is 17.9. The van der Waals surface area contributed by atoms with E-state index in [9.17, 15) is 14.0 Å². The van der Waals surface area contributed by atoms with Crippen molar-refractivity contribution in [3.05, 3.63) is 29.6 Å². The molecule has 0 aliphatic rings. The standard InChI is InChI=1S/C17H26FN3O3/c1-4-8-19-16(22)10-20-17(23)12-21(5-2)11-13-6-7-15(24-3)14(18)9-13/h6-7,9H,4-5,8,10-12H2,1-3H3,(H,19,22)(H,20,23)/p+1. The lowest BCUT2D eigenvalue weighted by Crippen LogP contribution is -3.11. The number of likely N-dealkylation sites (N-methyl/N-ethyl adjacent to an activating group) is 1. The molecule has 0 aliphatic carbocycles. The first-order valence-electron chi connectivity index (χ1n) is 8.19. The fraction of sp³-hybridized carbons (Fsp3) is 0.529. The van der Waals surface area contributed by atoms with Gasteiger partial charge in [-0.3, -0.25) is 9.59 Å². The second-order valence-corrected chi connectivity index (χ2v) is 5.55. The van der Waals surface area contributed by atoms with Crippen LogP contribution in [0.15, 0.2) is 18.2 Å². The first-order chi connectivity index (χ1) is 11.5. The highest BCUT2D eigenvalue weighted by Crippen LogP contribution is 2.16. The Bertz CT molecular complexity index is 552. The maximum absolute atomic E-state index is 13.7. The topological polar surface area (TPSA) is 71.9 Å². The number of halogens is 1. The quantitative estimate of drug-likeness (QED) is 0.556. The van der Waals surface area contributed by atoms with E-state index in [2.05, 4.69) is 10.6 Å². The van der Waals surface area contributed by atoms with Crippen molar-refractivity contribution in [2.24, 2.45) is 0 Å². The van der Waals surface area contributed by atoms with Gasteiger partial charge in [-0.15, -0.1) is 0 Å². The third-order valence-corrected chi connectivity index (χ3v) is 3.60. The Labute approximate surface area is 142 Å². The summed E-state index contributed by atoms with van der Waals surface area (Å²) in [5.41, 5.74) is 0.790. The molecule has 1 aromatic carbocycles. The molecule has 0 aromatic heterocycles. The Morgan fingerprint density at radius 3 is 2.54 bits per heavy atom. The highest BCUT2D eigenvalue weighted by molar-refractivity contribution is 5.84. The van der Waals surface area contributed by atoms with Crippen molar-refractivity contribution in [1.82, 2.24) is 10.6 Å². The lowest BCUT2D eigenvalue weighted by molar-refractivity contribution is -0.904. The van der Waals surface area contributed by atoms with E-state index >= 15 is 0 Å². The second-order valence-electron chi connectivity index (χ2n) is 5.55. The maximum atomic E-state index is 13.7. The molecule has 0 radical (unpaired) electrons. The van der Waals surface area contributed by atoms with Crippen LogP contribution in [0, 0.1) is 5.82 Å². The summed E-state index contributed by atoms with van der Waals surface area (Å²) < 4.78 is 18.6. The number of hydrogen-bond acceptors (Lipinski definition) is 3.